The van der Waals surface area contributed by atoms with E-state index in [2.05, 4.69) is 0 Å². The van der Waals surface area contributed by atoms with E-state index in [-0.39, 0.29) is 30.5 Å². The number of amides is 3. The van der Waals surface area contributed by atoms with Crippen molar-refractivity contribution in [2.75, 3.05) is 6.54 Å². The zero-order chi connectivity index (χ0) is 23.0. The van der Waals surface area contributed by atoms with E-state index in [0.29, 0.717) is 32.2 Å². The van der Waals surface area contributed by atoms with Gasteiger partial charge in [0.05, 0.1) is 5.92 Å². The topological polar surface area (TPSA) is 93.2 Å². The molecule has 32 heavy (non-hydrogen) atoms. The average Bonchev–Trinajstić information content (AvgIpc) is 3.24. The van der Waals surface area contributed by atoms with Crippen molar-refractivity contribution in [1.82, 2.24) is 9.80 Å². The molecule has 4 atom stereocenters. The smallest absolute Gasteiger partial charge is 0.417 e. The van der Waals surface area contributed by atoms with Crippen LogP contribution in [-0.4, -0.2) is 57.9 Å². The van der Waals surface area contributed by atoms with Crippen molar-refractivity contribution in [1.29, 1.82) is 0 Å². The molecule has 8 nitrogen and oxygen atoms in total. The lowest BCUT2D eigenvalue weighted by Crippen LogP contribution is -2.46. The third kappa shape index (κ3) is 4.36. The van der Waals surface area contributed by atoms with Crippen LogP contribution in [0.25, 0.3) is 0 Å². The number of benzene rings is 1. The van der Waals surface area contributed by atoms with Crippen LogP contribution in [0.5, 0.6) is 0 Å². The van der Waals surface area contributed by atoms with Crippen LogP contribution < -0.4 is 0 Å². The molecule has 4 rings (SSSR count). The van der Waals surface area contributed by atoms with Gasteiger partial charge in [0.25, 0.3) is 0 Å². The molecule has 3 fully saturated rings. The predicted octanol–water partition coefficient (Wildman–Crippen LogP) is 2.89. The van der Waals surface area contributed by atoms with Gasteiger partial charge < -0.3 is 14.4 Å². The lowest BCUT2D eigenvalue weighted by atomic mass is 9.84. The normalized spacial score (nSPS) is 27.6. The second-order valence-electron chi connectivity index (χ2n) is 9.80. The molecule has 0 N–H and O–H groups in total. The Hall–Kier alpha value is -2.90. The number of carbonyl (C=O) groups is 4. The SMILES string of the molecule is CC(C)(C)OC(=O)N1C(=O)C2CC1CCC2N1CC[C@H](C(=O)OCc2ccccc2)C1=O. The first-order chi connectivity index (χ1) is 15.2. The van der Waals surface area contributed by atoms with Gasteiger partial charge in [0.15, 0.2) is 0 Å². The summed E-state index contributed by atoms with van der Waals surface area (Å²) < 4.78 is 10.8. The van der Waals surface area contributed by atoms with Crippen molar-refractivity contribution in [3.8, 4) is 0 Å². The zero-order valence-electron chi connectivity index (χ0n) is 18.8. The number of rotatable bonds is 4. The Morgan fingerprint density at radius 2 is 1.75 bits per heavy atom. The summed E-state index contributed by atoms with van der Waals surface area (Å²) in [5.74, 6) is -2.37. The number of ether oxygens (including phenoxy) is 2. The molecule has 172 valence electrons. The zero-order valence-corrected chi connectivity index (χ0v) is 18.8. The second kappa shape index (κ2) is 8.56. The van der Waals surface area contributed by atoms with E-state index in [0.717, 1.165) is 5.56 Å². The molecule has 2 bridgehead atoms. The summed E-state index contributed by atoms with van der Waals surface area (Å²) in [7, 11) is 0. The van der Waals surface area contributed by atoms with Gasteiger partial charge in [0.1, 0.15) is 18.1 Å². The van der Waals surface area contributed by atoms with Crippen molar-refractivity contribution in [2.24, 2.45) is 11.8 Å². The largest absolute Gasteiger partial charge is 0.460 e. The average molecular weight is 443 g/mol. The first-order valence-corrected chi connectivity index (χ1v) is 11.2. The summed E-state index contributed by atoms with van der Waals surface area (Å²) in [5, 5.41) is 0. The van der Waals surface area contributed by atoms with Gasteiger partial charge in [-0.25, -0.2) is 9.69 Å². The summed E-state index contributed by atoms with van der Waals surface area (Å²) in [5.41, 5.74) is 0.173. The molecule has 3 amide bonds. The highest BCUT2D eigenvalue weighted by Crippen LogP contribution is 2.41. The van der Waals surface area contributed by atoms with E-state index in [9.17, 15) is 19.2 Å². The van der Waals surface area contributed by atoms with Crippen LogP contribution >= 0.6 is 0 Å². The Morgan fingerprint density at radius 1 is 1.03 bits per heavy atom. The molecule has 2 aliphatic heterocycles. The molecule has 2 heterocycles. The first-order valence-electron chi connectivity index (χ1n) is 11.2. The van der Waals surface area contributed by atoms with Gasteiger partial charge >= 0.3 is 12.1 Å². The maximum absolute atomic E-state index is 13.1. The number of esters is 1. The summed E-state index contributed by atoms with van der Waals surface area (Å²) >= 11 is 0. The number of carbonyl (C=O) groups excluding carboxylic acids is 4. The minimum Gasteiger partial charge on any atom is -0.460 e. The second-order valence-corrected chi connectivity index (χ2v) is 9.80. The standard InChI is InChI=1S/C24H30N2O6/c1-24(2,3)32-23(30)26-16-9-10-19(18(13-16)21(26)28)25-12-11-17(20(25)27)22(29)31-14-15-7-5-4-6-8-15/h4-8,16-19H,9-14H2,1-3H3/t16?,17-,18?,19?/m0/s1. The lowest BCUT2D eigenvalue weighted by molar-refractivity contribution is -0.154. The van der Waals surface area contributed by atoms with Gasteiger partial charge in [-0.1, -0.05) is 30.3 Å². The summed E-state index contributed by atoms with van der Waals surface area (Å²) in [6.45, 7) is 5.83. The van der Waals surface area contributed by atoms with Gasteiger partial charge in [-0.2, -0.15) is 0 Å². The van der Waals surface area contributed by atoms with Gasteiger partial charge in [-0.15, -0.1) is 0 Å². The molecule has 1 aliphatic carbocycles. The Kier molecular flexibility index (Phi) is 5.97. The molecule has 3 aliphatic rings. The molecular formula is C24H30N2O6. The fourth-order valence-electron chi connectivity index (χ4n) is 4.99. The van der Waals surface area contributed by atoms with E-state index in [4.69, 9.17) is 9.47 Å². The molecule has 1 saturated carbocycles. The monoisotopic (exact) mass is 442 g/mol. The summed E-state index contributed by atoms with van der Waals surface area (Å²) in [6.07, 6.45) is 1.53. The molecule has 1 aromatic rings. The Bertz CT molecular complexity index is 909. The van der Waals surface area contributed by atoms with E-state index < -0.39 is 29.5 Å². The minimum atomic E-state index is -0.838. The fraction of sp³-hybridized carbons (Fsp3) is 0.583. The number of nitrogens with zero attached hydrogens (tertiary/aromatic N) is 2. The predicted molar refractivity (Wildman–Crippen MR) is 114 cm³/mol. The van der Waals surface area contributed by atoms with Crippen LogP contribution in [0.1, 0.15) is 52.0 Å². The van der Waals surface area contributed by atoms with Gasteiger partial charge in [-0.05, 0) is 52.0 Å². The van der Waals surface area contributed by atoms with E-state index in [1.165, 1.54) is 4.90 Å². The van der Waals surface area contributed by atoms with E-state index in [1.54, 1.807) is 25.7 Å². The quantitative estimate of drug-likeness (QED) is 0.526. The van der Waals surface area contributed by atoms with Crippen molar-refractivity contribution in [3.05, 3.63) is 35.9 Å². The highest BCUT2D eigenvalue weighted by Gasteiger charge is 2.54. The number of likely N-dealkylation sites (tertiary alicyclic amines) is 2. The summed E-state index contributed by atoms with van der Waals surface area (Å²) in [6, 6.07) is 8.83. The van der Waals surface area contributed by atoms with Gasteiger partial charge in [0, 0.05) is 18.6 Å². The summed E-state index contributed by atoms with van der Waals surface area (Å²) in [4.78, 5) is 54.1. The number of imide groups is 1. The Morgan fingerprint density at radius 3 is 2.44 bits per heavy atom. The van der Waals surface area contributed by atoms with Crippen molar-refractivity contribution in [2.45, 2.75) is 70.7 Å². The maximum Gasteiger partial charge on any atom is 0.417 e. The third-order valence-electron chi connectivity index (χ3n) is 6.44. The van der Waals surface area contributed by atoms with Crippen LogP contribution in [0.2, 0.25) is 0 Å². The fourth-order valence-corrected chi connectivity index (χ4v) is 4.99. The van der Waals surface area contributed by atoms with Crippen LogP contribution in [-0.2, 0) is 30.5 Å². The molecule has 3 unspecified atom stereocenters. The first kappa shape index (κ1) is 22.3. The molecular weight excluding hydrogens is 412 g/mol. The van der Waals surface area contributed by atoms with E-state index >= 15 is 0 Å². The number of hydrogen-bond donors (Lipinski definition) is 0. The van der Waals surface area contributed by atoms with Crippen LogP contribution in [0.4, 0.5) is 4.79 Å². The van der Waals surface area contributed by atoms with Crippen LogP contribution in [0, 0.1) is 11.8 Å². The third-order valence-corrected chi connectivity index (χ3v) is 6.44. The molecule has 1 aromatic carbocycles. The molecule has 8 heteroatoms. The van der Waals surface area contributed by atoms with Gasteiger partial charge in [0.2, 0.25) is 11.8 Å². The highest BCUT2D eigenvalue weighted by molar-refractivity contribution is 6.00. The Labute approximate surface area is 187 Å². The maximum atomic E-state index is 13.1. The van der Waals surface area contributed by atoms with Crippen molar-refractivity contribution >= 4 is 23.9 Å². The molecule has 0 spiro atoms. The minimum absolute atomic E-state index is 0.126. The highest BCUT2D eigenvalue weighted by atomic mass is 16.6. The lowest BCUT2D eigenvalue weighted by Gasteiger charge is -2.34. The van der Waals surface area contributed by atoms with E-state index in [1.807, 2.05) is 30.3 Å². The van der Waals surface area contributed by atoms with Crippen LogP contribution in [0.3, 0.4) is 0 Å². The molecule has 2 saturated heterocycles. The molecule has 0 aromatic heterocycles. The van der Waals surface area contributed by atoms with Crippen molar-refractivity contribution < 1.29 is 28.7 Å². The van der Waals surface area contributed by atoms with Crippen molar-refractivity contribution in [3.63, 3.8) is 0 Å². The van der Waals surface area contributed by atoms with Crippen LogP contribution in [0.15, 0.2) is 30.3 Å². The number of fused-ring (bicyclic) bond motifs is 2. The van der Waals surface area contributed by atoms with Gasteiger partial charge in [-0.3, -0.25) is 14.4 Å². The Balaban J connectivity index is 1.39. The number of hydrogen-bond acceptors (Lipinski definition) is 6. The molecule has 0 radical (unpaired) electrons.